The Hall–Kier alpha value is -1.88. The SMILES string of the molecule is CN(OCC1CCCCC1)C(=O)c1cccn2cncc12. The van der Waals surface area contributed by atoms with E-state index in [1.54, 1.807) is 25.6 Å². The highest BCUT2D eigenvalue weighted by Gasteiger charge is 2.19. The number of hydroxylamine groups is 2. The molecule has 1 fully saturated rings. The van der Waals surface area contributed by atoms with E-state index in [4.69, 9.17) is 4.84 Å². The molecule has 1 aliphatic carbocycles. The highest BCUT2D eigenvalue weighted by molar-refractivity contribution is 5.99. The summed E-state index contributed by atoms with van der Waals surface area (Å²) in [6, 6.07) is 3.65. The molecular formula is C16H21N3O2. The average Bonchev–Trinajstić information content (AvgIpc) is 3.01. The van der Waals surface area contributed by atoms with Crippen molar-refractivity contribution >= 4 is 11.4 Å². The Bertz CT molecular complexity index is 617. The highest BCUT2D eigenvalue weighted by atomic mass is 16.7. The number of hydrogen-bond donors (Lipinski definition) is 0. The summed E-state index contributed by atoms with van der Waals surface area (Å²) in [7, 11) is 1.69. The predicted octanol–water partition coefficient (Wildman–Crippen LogP) is 2.92. The first kappa shape index (κ1) is 14.1. The van der Waals surface area contributed by atoms with Crippen LogP contribution in [-0.4, -0.2) is 34.0 Å². The van der Waals surface area contributed by atoms with Gasteiger partial charge >= 0.3 is 0 Å². The first-order chi connectivity index (χ1) is 10.3. The average molecular weight is 287 g/mol. The molecule has 0 aromatic carbocycles. The number of pyridine rings is 1. The topological polar surface area (TPSA) is 46.8 Å². The van der Waals surface area contributed by atoms with E-state index < -0.39 is 0 Å². The number of hydrogen-bond acceptors (Lipinski definition) is 3. The molecule has 0 radical (unpaired) electrons. The summed E-state index contributed by atoms with van der Waals surface area (Å²) >= 11 is 0. The number of carbonyl (C=O) groups is 1. The normalized spacial score (nSPS) is 16.2. The van der Waals surface area contributed by atoms with Crippen LogP contribution in [0, 0.1) is 5.92 Å². The number of nitrogens with zero attached hydrogens (tertiary/aromatic N) is 3. The number of imidazole rings is 1. The zero-order chi connectivity index (χ0) is 14.7. The van der Waals surface area contributed by atoms with Crippen molar-refractivity contribution in [1.82, 2.24) is 14.4 Å². The van der Waals surface area contributed by atoms with Gasteiger partial charge in [-0.1, -0.05) is 19.3 Å². The van der Waals surface area contributed by atoms with Crippen LogP contribution in [0.2, 0.25) is 0 Å². The van der Waals surface area contributed by atoms with Gasteiger partial charge in [-0.05, 0) is 30.9 Å². The van der Waals surface area contributed by atoms with Crippen molar-refractivity contribution in [1.29, 1.82) is 0 Å². The number of carbonyl (C=O) groups excluding carboxylic acids is 1. The molecule has 0 unspecified atom stereocenters. The minimum Gasteiger partial charge on any atom is -0.305 e. The Morgan fingerprint density at radius 3 is 3.05 bits per heavy atom. The van der Waals surface area contributed by atoms with Crippen molar-refractivity contribution < 1.29 is 9.63 Å². The summed E-state index contributed by atoms with van der Waals surface area (Å²) in [6.45, 7) is 0.630. The van der Waals surface area contributed by atoms with E-state index in [0.717, 1.165) is 5.52 Å². The second-order valence-electron chi connectivity index (χ2n) is 5.71. The van der Waals surface area contributed by atoms with Gasteiger partial charge < -0.3 is 4.40 Å². The molecule has 0 spiro atoms. The first-order valence-electron chi connectivity index (χ1n) is 7.57. The number of aromatic nitrogens is 2. The van der Waals surface area contributed by atoms with Crippen molar-refractivity contribution in [3.8, 4) is 0 Å². The molecule has 1 aliphatic rings. The van der Waals surface area contributed by atoms with E-state index >= 15 is 0 Å². The molecule has 0 saturated heterocycles. The standard InChI is InChI=1S/C16H21N3O2/c1-18(21-11-13-6-3-2-4-7-13)16(20)14-8-5-9-19-12-17-10-15(14)19/h5,8-10,12-13H,2-4,6-7,11H2,1H3. The van der Waals surface area contributed by atoms with Gasteiger partial charge in [-0.3, -0.25) is 9.63 Å². The Labute approximate surface area is 124 Å². The quantitative estimate of drug-likeness (QED) is 0.812. The van der Waals surface area contributed by atoms with Gasteiger partial charge in [0, 0.05) is 13.2 Å². The molecule has 5 nitrogen and oxygen atoms in total. The van der Waals surface area contributed by atoms with Crippen LogP contribution in [-0.2, 0) is 4.84 Å². The lowest BCUT2D eigenvalue weighted by molar-refractivity contribution is -0.120. The van der Waals surface area contributed by atoms with Crippen LogP contribution in [0.3, 0.4) is 0 Å². The molecule has 0 bridgehead atoms. The molecule has 0 N–H and O–H groups in total. The van der Waals surface area contributed by atoms with Gasteiger partial charge in [0.2, 0.25) is 0 Å². The van der Waals surface area contributed by atoms with Crippen molar-refractivity contribution in [3.05, 3.63) is 36.4 Å². The predicted molar refractivity (Wildman–Crippen MR) is 79.8 cm³/mol. The largest absolute Gasteiger partial charge is 0.305 e. The third-order valence-corrected chi connectivity index (χ3v) is 4.20. The summed E-state index contributed by atoms with van der Waals surface area (Å²) in [6.07, 6.45) is 11.6. The summed E-state index contributed by atoms with van der Waals surface area (Å²) in [5, 5.41) is 1.36. The second kappa shape index (κ2) is 6.26. The summed E-state index contributed by atoms with van der Waals surface area (Å²) in [5.74, 6) is 0.455. The molecule has 0 atom stereocenters. The maximum absolute atomic E-state index is 12.5. The maximum atomic E-state index is 12.5. The van der Waals surface area contributed by atoms with E-state index in [2.05, 4.69) is 4.98 Å². The Morgan fingerprint density at radius 2 is 2.24 bits per heavy atom. The fourth-order valence-electron chi connectivity index (χ4n) is 2.93. The van der Waals surface area contributed by atoms with Crippen molar-refractivity contribution in [2.75, 3.05) is 13.7 Å². The van der Waals surface area contributed by atoms with Crippen LogP contribution in [0.15, 0.2) is 30.9 Å². The first-order valence-corrected chi connectivity index (χ1v) is 7.57. The zero-order valence-corrected chi connectivity index (χ0v) is 12.4. The van der Waals surface area contributed by atoms with E-state index in [1.807, 2.05) is 16.7 Å². The molecule has 3 rings (SSSR count). The Balaban J connectivity index is 1.65. The van der Waals surface area contributed by atoms with Crippen LogP contribution in [0.4, 0.5) is 0 Å². The monoisotopic (exact) mass is 287 g/mol. The third kappa shape index (κ3) is 3.08. The van der Waals surface area contributed by atoms with E-state index in [-0.39, 0.29) is 5.91 Å². The lowest BCUT2D eigenvalue weighted by Gasteiger charge is -2.24. The van der Waals surface area contributed by atoms with Gasteiger partial charge in [-0.15, -0.1) is 0 Å². The molecule has 2 aromatic rings. The Morgan fingerprint density at radius 1 is 1.43 bits per heavy atom. The van der Waals surface area contributed by atoms with Gasteiger partial charge in [-0.2, -0.15) is 0 Å². The van der Waals surface area contributed by atoms with Crippen LogP contribution in [0.1, 0.15) is 42.5 Å². The van der Waals surface area contributed by atoms with Crippen LogP contribution >= 0.6 is 0 Å². The van der Waals surface area contributed by atoms with Gasteiger partial charge in [0.1, 0.15) is 0 Å². The summed E-state index contributed by atoms with van der Waals surface area (Å²) < 4.78 is 1.84. The number of rotatable bonds is 4. The maximum Gasteiger partial charge on any atom is 0.279 e. The number of amides is 1. The minimum absolute atomic E-state index is 0.128. The molecule has 5 heteroatoms. The third-order valence-electron chi connectivity index (χ3n) is 4.20. The fourth-order valence-corrected chi connectivity index (χ4v) is 2.93. The zero-order valence-electron chi connectivity index (χ0n) is 12.4. The summed E-state index contributed by atoms with van der Waals surface area (Å²) in [4.78, 5) is 22.2. The fraction of sp³-hybridized carbons (Fsp3) is 0.500. The smallest absolute Gasteiger partial charge is 0.279 e. The molecule has 1 amide bonds. The van der Waals surface area contributed by atoms with Gasteiger partial charge in [-0.25, -0.2) is 10.0 Å². The Kier molecular flexibility index (Phi) is 4.20. The van der Waals surface area contributed by atoms with E-state index in [0.29, 0.717) is 18.1 Å². The lowest BCUT2D eigenvalue weighted by atomic mass is 9.90. The van der Waals surface area contributed by atoms with Crippen LogP contribution in [0.25, 0.3) is 5.52 Å². The van der Waals surface area contributed by atoms with Crippen LogP contribution in [0.5, 0.6) is 0 Å². The molecule has 2 aromatic heterocycles. The van der Waals surface area contributed by atoms with Gasteiger partial charge in [0.15, 0.2) is 0 Å². The van der Waals surface area contributed by atoms with Gasteiger partial charge in [0.05, 0.1) is 30.2 Å². The summed E-state index contributed by atoms with van der Waals surface area (Å²) in [5.41, 5.74) is 1.41. The minimum atomic E-state index is -0.128. The molecule has 21 heavy (non-hydrogen) atoms. The van der Waals surface area contributed by atoms with Crippen molar-refractivity contribution in [3.63, 3.8) is 0 Å². The highest BCUT2D eigenvalue weighted by Crippen LogP contribution is 2.24. The second-order valence-corrected chi connectivity index (χ2v) is 5.71. The lowest BCUT2D eigenvalue weighted by Crippen LogP contribution is -2.30. The molecule has 112 valence electrons. The van der Waals surface area contributed by atoms with Gasteiger partial charge in [0.25, 0.3) is 5.91 Å². The molecule has 1 saturated carbocycles. The van der Waals surface area contributed by atoms with E-state index in [9.17, 15) is 4.79 Å². The van der Waals surface area contributed by atoms with Crippen molar-refractivity contribution in [2.24, 2.45) is 5.92 Å². The van der Waals surface area contributed by atoms with E-state index in [1.165, 1.54) is 37.2 Å². The van der Waals surface area contributed by atoms with Crippen LogP contribution < -0.4 is 0 Å². The molecule has 2 heterocycles. The van der Waals surface area contributed by atoms with Crippen molar-refractivity contribution in [2.45, 2.75) is 32.1 Å². The molecule has 0 aliphatic heterocycles. The number of fused-ring (bicyclic) bond motifs is 1. The molecular weight excluding hydrogens is 266 g/mol.